The van der Waals surface area contributed by atoms with E-state index in [9.17, 15) is 4.79 Å². The summed E-state index contributed by atoms with van der Waals surface area (Å²) in [6.07, 6.45) is 7.03. The monoisotopic (exact) mass is 266 g/mol. The number of carbonyl (C=O) groups is 1. The van der Waals surface area contributed by atoms with Crippen LogP contribution in [0.5, 0.6) is 0 Å². The summed E-state index contributed by atoms with van der Waals surface area (Å²) in [6.45, 7) is 7.23. The summed E-state index contributed by atoms with van der Waals surface area (Å²) in [5.41, 5.74) is 5.81. The molecular formula is C16H30N2O. The molecule has 0 aromatic heterocycles. The second-order valence-electron chi connectivity index (χ2n) is 6.79. The zero-order valence-corrected chi connectivity index (χ0v) is 12.6. The summed E-state index contributed by atoms with van der Waals surface area (Å²) in [5, 5.41) is 0. The van der Waals surface area contributed by atoms with E-state index in [4.69, 9.17) is 5.73 Å². The summed E-state index contributed by atoms with van der Waals surface area (Å²) in [7, 11) is 0. The lowest BCUT2D eigenvalue weighted by atomic mass is 9.89. The third-order valence-corrected chi connectivity index (χ3v) is 5.31. The number of carbonyl (C=O) groups excluding carboxylic acids is 1. The van der Waals surface area contributed by atoms with E-state index < -0.39 is 0 Å². The van der Waals surface area contributed by atoms with Crippen molar-refractivity contribution in [1.29, 1.82) is 0 Å². The first-order chi connectivity index (χ1) is 9.13. The summed E-state index contributed by atoms with van der Waals surface area (Å²) in [5.74, 6) is 2.61. The maximum absolute atomic E-state index is 12.7. The fourth-order valence-corrected chi connectivity index (χ4v) is 3.89. The highest BCUT2D eigenvalue weighted by atomic mass is 16.2. The Labute approximate surface area is 117 Å². The fourth-order valence-electron chi connectivity index (χ4n) is 3.89. The first-order valence-electron chi connectivity index (χ1n) is 8.12. The molecule has 1 saturated carbocycles. The second kappa shape index (κ2) is 6.74. The number of amides is 1. The molecule has 0 aromatic carbocycles. The lowest BCUT2D eigenvalue weighted by molar-refractivity contribution is -0.136. The Hall–Kier alpha value is -0.570. The minimum absolute atomic E-state index is 0.223. The zero-order chi connectivity index (χ0) is 13.8. The number of rotatable bonds is 3. The maximum Gasteiger partial charge on any atom is 0.226 e. The van der Waals surface area contributed by atoms with Gasteiger partial charge >= 0.3 is 0 Å². The molecule has 110 valence electrons. The van der Waals surface area contributed by atoms with E-state index in [-0.39, 0.29) is 5.92 Å². The highest BCUT2D eigenvalue weighted by Gasteiger charge is 2.35. The van der Waals surface area contributed by atoms with Crippen LogP contribution < -0.4 is 5.73 Å². The van der Waals surface area contributed by atoms with Crippen molar-refractivity contribution >= 4 is 5.91 Å². The second-order valence-corrected chi connectivity index (χ2v) is 6.79. The molecule has 19 heavy (non-hydrogen) atoms. The Kier molecular flexibility index (Phi) is 5.26. The van der Waals surface area contributed by atoms with Gasteiger partial charge in [0.1, 0.15) is 0 Å². The molecule has 0 aromatic rings. The molecule has 1 saturated heterocycles. The van der Waals surface area contributed by atoms with Crippen LogP contribution in [0.1, 0.15) is 52.4 Å². The third kappa shape index (κ3) is 3.50. The van der Waals surface area contributed by atoms with Crippen molar-refractivity contribution in [3.05, 3.63) is 0 Å². The van der Waals surface area contributed by atoms with Crippen molar-refractivity contribution in [2.24, 2.45) is 29.4 Å². The minimum atomic E-state index is 0.223. The van der Waals surface area contributed by atoms with Crippen molar-refractivity contribution in [2.45, 2.75) is 52.4 Å². The quantitative estimate of drug-likeness (QED) is 0.853. The summed E-state index contributed by atoms with van der Waals surface area (Å²) in [6, 6.07) is 0. The lowest BCUT2D eigenvalue weighted by Crippen LogP contribution is -2.39. The van der Waals surface area contributed by atoms with Gasteiger partial charge in [-0.1, -0.05) is 20.3 Å². The van der Waals surface area contributed by atoms with Crippen LogP contribution in [0.4, 0.5) is 0 Å². The van der Waals surface area contributed by atoms with Gasteiger partial charge in [0.25, 0.3) is 0 Å². The minimum Gasteiger partial charge on any atom is -0.342 e. The third-order valence-electron chi connectivity index (χ3n) is 5.31. The highest BCUT2D eigenvalue weighted by Crippen LogP contribution is 2.33. The van der Waals surface area contributed by atoms with Gasteiger partial charge in [0, 0.05) is 19.0 Å². The maximum atomic E-state index is 12.7. The predicted molar refractivity (Wildman–Crippen MR) is 78.6 cm³/mol. The van der Waals surface area contributed by atoms with E-state index in [1.54, 1.807) is 0 Å². The van der Waals surface area contributed by atoms with Gasteiger partial charge in [-0.2, -0.15) is 0 Å². The predicted octanol–water partition coefficient (Wildman–Crippen LogP) is 2.65. The molecule has 2 aliphatic rings. The molecule has 0 spiro atoms. The van der Waals surface area contributed by atoms with Crippen LogP contribution in [0, 0.1) is 23.7 Å². The molecule has 2 rings (SSSR count). The van der Waals surface area contributed by atoms with E-state index in [0.29, 0.717) is 18.4 Å². The van der Waals surface area contributed by atoms with Crippen molar-refractivity contribution in [3.63, 3.8) is 0 Å². The van der Waals surface area contributed by atoms with Crippen LogP contribution in [0.2, 0.25) is 0 Å². The number of likely N-dealkylation sites (tertiary alicyclic amines) is 1. The van der Waals surface area contributed by atoms with Crippen LogP contribution in [0.3, 0.4) is 0 Å². The van der Waals surface area contributed by atoms with Crippen LogP contribution in [-0.2, 0) is 4.79 Å². The highest BCUT2D eigenvalue weighted by molar-refractivity contribution is 5.79. The van der Waals surface area contributed by atoms with E-state index in [1.807, 2.05) is 0 Å². The SMILES string of the molecule is CC(C)C1CCCN(C(=O)[C@@H]2CCC[C@@H]2CN)CC1. The van der Waals surface area contributed by atoms with Crippen molar-refractivity contribution < 1.29 is 4.79 Å². The van der Waals surface area contributed by atoms with Crippen LogP contribution >= 0.6 is 0 Å². The Morgan fingerprint density at radius 3 is 2.63 bits per heavy atom. The van der Waals surface area contributed by atoms with Gasteiger partial charge in [0.2, 0.25) is 5.91 Å². The van der Waals surface area contributed by atoms with Gasteiger partial charge in [0.15, 0.2) is 0 Å². The standard InChI is InChI=1S/C16H30N2O/c1-12(2)13-6-4-9-18(10-8-13)16(19)15-7-3-5-14(15)11-17/h12-15H,3-11,17H2,1-2H3/t13?,14-,15-/m1/s1. The number of hydrogen-bond donors (Lipinski definition) is 1. The Morgan fingerprint density at radius 2 is 1.95 bits per heavy atom. The molecule has 1 unspecified atom stereocenters. The van der Waals surface area contributed by atoms with Gasteiger partial charge in [-0.15, -0.1) is 0 Å². The van der Waals surface area contributed by atoms with Gasteiger partial charge in [-0.05, 0) is 56.4 Å². The topological polar surface area (TPSA) is 46.3 Å². The molecule has 3 nitrogen and oxygen atoms in total. The normalized spacial score (nSPS) is 32.6. The Bertz CT molecular complexity index is 303. The van der Waals surface area contributed by atoms with Crippen molar-refractivity contribution in [2.75, 3.05) is 19.6 Å². The summed E-state index contributed by atoms with van der Waals surface area (Å²) in [4.78, 5) is 14.8. The molecule has 1 heterocycles. The van der Waals surface area contributed by atoms with Gasteiger partial charge < -0.3 is 10.6 Å². The summed E-state index contributed by atoms with van der Waals surface area (Å²) >= 11 is 0. The molecule has 2 fully saturated rings. The van der Waals surface area contributed by atoms with Crippen molar-refractivity contribution in [3.8, 4) is 0 Å². The first-order valence-corrected chi connectivity index (χ1v) is 8.12. The molecule has 3 atom stereocenters. The molecule has 0 bridgehead atoms. The molecule has 1 aliphatic carbocycles. The molecule has 2 N–H and O–H groups in total. The fraction of sp³-hybridized carbons (Fsp3) is 0.938. The van der Waals surface area contributed by atoms with E-state index >= 15 is 0 Å². The molecular weight excluding hydrogens is 236 g/mol. The lowest BCUT2D eigenvalue weighted by Gasteiger charge is -2.27. The average Bonchev–Trinajstić information content (AvgIpc) is 2.73. The number of hydrogen-bond acceptors (Lipinski definition) is 2. The summed E-state index contributed by atoms with van der Waals surface area (Å²) < 4.78 is 0. The molecule has 0 radical (unpaired) electrons. The smallest absolute Gasteiger partial charge is 0.226 e. The first kappa shape index (κ1) is 14.8. The number of nitrogens with two attached hydrogens (primary N) is 1. The van der Waals surface area contributed by atoms with E-state index in [0.717, 1.165) is 37.8 Å². The molecule has 1 aliphatic heterocycles. The van der Waals surface area contributed by atoms with Crippen LogP contribution in [0.25, 0.3) is 0 Å². The van der Waals surface area contributed by atoms with Gasteiger partial charge in [-0.25, -0.2) is 0 Å². The van der Waals surface area contributed by atoms with Gasteiger partial charge in [0.05, 0.1) is 0 Å². The number of nitrogens with zero attached hydrogens (tertiary/aromatic N) is 1. The van der Waals surface area contributed by atoms with E-state index in [2.05, 4.69) is 18.7 Å². The molecule has 1 amide bonds. The van der Waals surface area contributed by atoms with E-state index in [1.165, 1.54) is 25.7 Å². The van der Waals surface area contributed by atoms with Gasteiger partial charge in [-0.3, -0.25) is 4.79 Å². The Morgan fingerprint density at radius 1 is 1.16 bits per heavy atom. The van der Waals surface area contributed by atoms with Crippen LogP contribution in [-0.4, -0.2) is 30.4 Å². The Balaban J connectivity index is 1.92. The van der Waals surface area contributed by atoms with Crippen LogP contribution in [0.15, 0.2) is 0 Å². The zero-order valence-electron chi connectivity index (χ0n) is 12.6. The molecule has 3 heteroatoms. The largest absolute Gasteiger partial charge is 0.342 e. The van der Waals surface area contributed by atoms with Crippen molar-refractivity contribution in [1.82, 2.24) is 4.90 Å². The average molecular weight is 266 g/mol.